The number of aromatic nitrogens is 4. The minimum absolute atomic E-state index is 0.207. The van der Waals surface area contributed by atoms with Gasteiger partial charge in [0.15, 0.2) is 0 Å². The number of ether oxygens (including phenoxy) is 1. The molecule has 0 radical (unpaired) electrons. The van der Waals surface area contributed by atoms with Crippen LogP contribution in [0, 0.1) is 0 Å². The van der Waals surface area contributed by atoms with Crippen LogP contribution in [0.25, 0.3) is 21.6 Å². The highest BCUT2D eigenvalue weighted by Gasteiger charge is 2.08. The Kier molecular flexibility index (Phi) is 4.63. The summed E-state index contributed by atoms with van der Waals surface area (Å²) in [6, 6.07) is 15.0. The van der Waals surface area contributed by atoms with Gasteiger partial charge < -0.3 is 10.1 Å². The van der Waals surface area contributed by atoms with Crippen molar-refractivity contribution < 1.29 is 9.53 Å². The fourth-order valence-corrected chi connectivity index (χ4v) is 3.29. The van der Waals surface area contributed by atoms with Crippen LogP contribution in [0.5, 0.6) is 5.75 Å². The highest BCUT2D eigenvalue weighted by Crippen LogP contribution is 2.26. The van der Waals surface area contributed by atoms with Crippen molar-refractivity contribution in [2.75, 3.05) is 12.4 Å². The van der Waals surface area contributed by atoms with Crippen LogP contribution in [0.1, 0.15) is 5.56 Å². The van der Waals surface area contributed by atoms with E-state index in [1.165, 1.54) is 17.4 Å². The Hall–Kier alpha value is -3.52. The van der Waals surface area contributed by atoms with Gasteiger partial charge in [-0.2, -0.15) is 9.61 Å². The molecule has 0 aliphatic rings. The molecule has 0 bridgehead atoms. The third kappa shape index (κ3) is 3.85. The molecule has 4 rings (SSSR count). The van der Waals surface area contributed by atoms with Crippen molar-refractivity contribution >= 4 is 34.0 Å². The van der Waals surface area contributed by atoms with Crippen molar-refractivity contribution in [2.24, 2.45) is 0 Å². The predicted octanol–water partition coefficient (Wildman–Crippen LogP) is 3.51. The third-order valence-electron chi connectivity index (χ3n) is 3.81. The van der Waals surface area contributed by atoms with E-state index in [9.17, 15) is 4.79 Å². The van der Waals surface area contributed by atoms with Crippen LogP contribution in [-0.4, -0.2) is 32.8 Å². The number of carbonyl (C=O) groups is 1. The average molecular weight is 377 g/mol. The number of anilines is 1. The SMILES string of the molecule is COc1ccc(/C=C/C(=O)Nc2cccc(-c3nn4cnnc4s3)c2)cc1. The maximum absolute atomic E-state index is 12.2. The second kappa shape index (κ2) is 7.38. The quantitative estimate of drug-likeness (QED) is 0.538. The molecular weight excluding hydrogens is 362 g/mol. The standard InChI is InChI=1S/C19H15N5O2S/c1-26-16-8-5-13(6-9-16)7-10-17(25)21-15-4-2-3-14(11-15)18-23-24-12-20-22-19(24)27-18/h2-12H,1H3,(H,21,25)/b10-7+. The normalized spacial score (nSPS) is 11.1. The van der Waals surface area contributed by atoms with E-state index in [-0.39, 0.29) is 5.91 Å². The topological polar surface area (TPSA) is 81.4 Å². The lowest BCUT2D eigenvalue weighted by Crippen LogP contribution is -2.07. The number of benzene rings is 2. The van der Waals surface area contributed by atoms with E-state index in [2.05, 4.69) is 20.6 Å². The maximum atomic E-state index is 12.2. The molecular formula is C19H15N5O2S. The van der Waals surface area contributed by atoms with Gasteiger partial charge in [-0.3, -0.25) is 4.79 Å². The first-order chi connectivity index (χ1) is 13.2. The lowest BCUT2D eigenvalue weighted by atomic mass is 10.2. The molecule has 0 saturated carbocycles. The summed E-state index contributed by atoms with van der Waals surface area (Å²) >= 11 is 1.44. The summed E-state index contributed by atoms with van der Waals surface area (Å²) < 4.78 is 6.75. The fraction of sp³-hybridized carbons (Fsp3) is 0.0526. The zero-order valence-electron chi connectivity index (χ0n) is 14.4. The fourth-order valence-electron chi connectivity index (χ4n) is 2.48. The molecule has 2 aromatic carbocycles. The van der Waals surface area contributed by atoms with Crippen LogP contribution in [0.2, 0.25) is 0 Å². The second-order valence-electron chi connectivity index (χ2n) is 5.64. The number of methoxy groups -OCH3 is 1. The maximum Gasteiger partial charge on any atom is 0.248 e. The van der Waals surface area contributed by atoms with Crippen molar-refractivity contribution in [3.8, 4) is 16.3 Å². The van der Waals surface area contributed by atoms with Gasteiger partial charge in [0.25, 0.3) is 0 Å². The Morgan fingerprint density at radius 2 is 2.07 bits per heavy atom. The molecule has 1 N–H and O–H groups in total. The third-order valence-corrected chi connectivity index (χ3v) is 4.77. The first kappa shape index (κ1) is 16.9. The van der Waals surface area contributed by atoms with Crippen molar-refractivity contribution in [3.63, 3.8) is 0 Å². The lowest BCUT2D eigenvalue weighted by molar-refractivity contribution is -0.111. The molecule has 0 aliphatic carbocycles. The zero-order chi connectivity index (χ0) is 18.6. The zero-order valence-corrected chi connectivity index (χ0v) is 15.2. The van der Waals surface area contributed by atoms with Gasteiger partial charge in [-0.25, -0.2) is 0 Å². The molecule has 7 nitrogen and oxygen atoms in total. The van der Waals surface area contributed by atoms with E-state index in [4.69, 9.17) is 4.74 Å². The summed E-state index contributed by atoms with van der Waals surface area (Å²) in [6.07, 6.45) is 4.81. The van der Waals surface area contributed by atoms with Crippen molar-refractivity contribution in [3.05, 3.63) is 66.5 Å². The van der Waals surface area contributed by atoms with Crippen molar-refractivity contribution in [2.45, 2.75) is 0 Å². The number of fused-ring (bicyclic) bond motifs is 1. The van der Waals surface area contributed by atoms with E-state index < -0.39 is 0 Å². The Labute approximate surface area is 158 Å². The highest BCUT2D eigenvalue weighted by atomic mass is 32.1. The van der Waals surface area contributed by atoms with E-state index >= 15 is 0 Å². The van der Waals surface area contributed by atoms with Gasteiger partial charge in [0, 0.05) is 17.3 Å². The molecule has 134 valence electrons. The van der Waals surface area contributed by atoms with Gasteiger partial charge in [0.2, 0.25) is 10.9 Å². The monoisotopic (exact) mass is 377 g/mol. The molecule has 0 aliphatic heterocycles. The molecule has 1 amide bonds. The largest absolute Gasteiger partial charge is 0.497 e. The van der Waals surface area contributed by atoms with E-state index in [0.29, 0.717) is 5.69 Å². The summed E-state index contributed by atoms with van der Waals surface area (Å²) in [5.74, 6) is 0.569. The molecule has 0 unspecified atom stereocenters. The number of nitrogens with one attached hydrogen (secondary N) is 1. The van der Waals surface area contributed by atoms with Gasteiger partial charge in [0.05, 0.1) is 7.11 Å². The Morgan fingerprint density at radius 1 is 1.22 bits per heavy atom. The van der Waals surface area contributed by atoms with E-state index in [0.717, 1.165) is 26.8 Å². The molecule has 4 aromatic rings. The number of hydrogen-bond acceptors (Lipinski definition) is 6. The van der Waals surface area contributed by atoms with Crippen LogP contribution < -0.4 is 10.1 Å². The van der Waals surface area contributed by atoms with Crippen molar-refractivity contribution in [1.82, 2.24) is 19.8 Å². The van der Waals surface area contributed by atoms with Gasteiger partial charge in [0.1, 0.15) is 17.1 Å². The smallest absolute Gasteiger partial charge is 0.248 e. The molecule has 2 heterocycles. The molecule has 0 spiro atoms. The highest BCUT2D eigenvalue weighted by molar-refractivity contribution is 7.19. The number of rotatable bonds is 5. The summed E-state index contributed by atoms with van der Waals surface area (Å²) in [5, 5.41) is 15.9. The van der Waals surface area contributed by atoms with Gasteiger partial charge in [-0.1, -0.05) is 35.6 Å². The van der Waals surface area contributed by atoms with E-state index in [1.807, 2.05) is 48.5 Å². The average Bonchev–Trinajstić information content (AvgIpc) is 3.29. The molecule has 8 heteroatoms. The molecule has 0 saturated heterocycles. The number of nitrogens with zero attached hydrogens (tertiary/aromatic N) is 4. The first-order valence-corrected chi connectivity index (χ1v) is 8.93. The molecule has 2 aromatic heterocycles. The lowest BCUT2D eigenvalue weighted by Gasteiger charge is -2.04. The van der Waals surface area contributed by atoms with Crippen LogP contribution >= 0.6 is 11.3 Å². The summed E-state index contributed by atoms with van der Waals surface area (Å²) in [6.45, 7) is 0. The Bertz CT molecular complexity index is 1090. The number of carbonyl (C=O) groups excluding carboxylic acids is 1. The van der Waals surface area contributed by atoms with Crippen LogP contribution in [0.4, 0.5) is 5.69 Å². The van der Waals surface area contributed by atoms with Gasteiger partial charge >= 0.3 is 0 Å². The van der Waals surface area contributed by atoms with Gasteiger partial charge in [-0.05, 0) is 35.9 Å². The van der Waals surface area contributed by atoms with Crippen molar-refractivity contribution in [1.29, 1.82) is 0 Å². The van der Waals surface area contributed by atoms with Crippen LogP contribution in [0.15, 0.2) is 60.9 Å². The van der Waals surface area contributed by atoms with E-state index in [1.54, 1.807) is 24.0 Å². The summed E-state index contributed by atoms with van der Waals surface area (Å²) in [4.78, 5) is 12.9. The summed E-state index contributed by atoms with van der Waals surface area (Å²) in [5.41, 5.74) is 2.52. The Morgan fingerprint density at radius 3 is 2.85 bits per heavy atom. The van der Waals surface area contributed by atoms with Crippen LogP contribution in [0.3, 0.4) is 0 Å². The van der Waals surface area contributed by atoms with Gasteiger partial charge in [-0.15, -0.1) is 10.2 Å². The number of hydrogen-bond donors (Lipinski definition) is 1. The van der Waals surface area contributed by atoms with Crippen LogP contribution in [-0.2, 0) is 4.79 Å². The molecule has 0 fully saturated rings. The number of amides is 1. The minimum Gasteiger partial charge on any atom is -0.497 e. The second-order valence-corrected chi connectivity index (χ2v) is 6.60. The minimum atomic E-state index is -0.207. The Balaban J connectivity index is 1.46. The predicted molar refractivity (Wildman–Crippen MR) is 105 cm³/mol. The molecule has 27 heavy (non-hydrogen) atoms. The summed E-state index contributed by atoms with van der Waals surface area (Å²) in [7, 11) is 1.62. The molecule has 0 atom stereocenters. The first-order valence-electron chi connectivity index (χ1n) is 8.12.